The number of likely N-dealkylation sites (N-methyl/N-ethyl adjacent to an activating group) is 1. The van der Waals surface area contributed by atoms with Crippen molar-refractivity contribution in [1.82, 2.24) is 9.88 Å². The Labute approximate surface area is 102 Å². The van der Waals surface area contributed by atoms with E-state index in [4.69, 9.17) is 5.73 Å². The molecular formula is C14H19N3. The van der Waals surface area contributed by atoms with Crippen LogP contribution in [-0.2, 0) is 0 Å². The lowest BCUT2D eigenvalue weighted by Gasteiger charge is -2.30. The fourth-order valence-electron chi connectivity index (χ4n) is 2.84. The number of para-hydroxylation sites is 1. The van der Waals surface area contributed by atoms with Crippen LogP contribution in [-0.4, -0.2) is 29.5 Å². The molecule has 1 atom stereocenters. The number of hydrogen-bond acceptors (Lipinski definition) is 2. The highest BCUT2D eigenvalue weighted by Crippen LogP contribution is 2.47. The lowest BCUT2D eigenvalue weighted by molar-refractivity contribution is 0.247. The molecule has 1 aromatic carbocycles. The first-order valence-electron chi connectivity index (χ1n) is 6.13. The van der Waals surface area contributed by atoms with Crippen molar-refractivity contribution in [2.24, 2.45) is 5.73 Å². The normalized spacial score (nSPS) is 19.8. The first kappa shape index (κ1) is 10.8. The molecule has 3 rings (SSSR count). The number of H-pyrrole nitrogens is 1. The van der Waals surface area contributed by atoms with Crippen LogP contribution in [0.4, 0.5) is 0 Å². The second-order valence-corrected chi connectivity index (χ2v) is 5.39. The number of fused-ring (bicyclic) bond motifs is 1. The summed E-state index contributed by atoms with van der Waals surface area (Å²) in [5.41, 5.74) is 8.90. The number of aromatic nitrogens is 1. The zero-order chi connectivity index (χ0) is 12.0. The zero-order valence-corrected chi connectivity index (χ0v) is 10.4. The maximum atomic E-state index is 6.42. The van der Waals surface area contributed by atoms with E-state index in [2.05, 4.69) is 54.4 Å². The molecule has 3 heteroatoms. The largest absolute Gasteiger partial charge is 0.361 e. The van der Waals surface area contributed by atoms with Crippen molar-refractivity contribution in [1.29, 1.82) is 0 Å². The summed E-state index contributed by atoms with van der Waals surface area (Å²) in [5.74, 6) is 0. The molecule has 1 saturated carbocycles. The Morgan fingerprint density at radius 3 is 2.65 bits per heavy atom. The van der Waals surface area contributed by atoms with Crippen molar-refractivity contribution in [3.63, 3.8) is 0 Å². The number of nitrogens with zero attached hydrogens (tertiary/aromatic N) is 1. The molecule has 2 aromatic rings. The van der Waals surface area contributed by atoms with E-state index < -0.39 is 0 Å². The maximum Gasteiger partial charge on any atom is 0.0544 e. The first-order valence-corrected chi connectivity index (χ1v) is 6.13. The van der Waals surface area contributed by atoms with E-state index in [1.807, 2.05) is 0 Å². The molecule has 3 N–H and O–H groups in total. The van der Waals surface area contributed by atoms with Gasteiger partial charge in [0, 0.05) is 22.6 Å². The Morgan fingerprint density at radius 1 is 1.29 bits per heavy atom. The van der Waals surface area contributed by atoms with Gasteiger partial charge in [0.15, 0.2) is 0 Å². The van der Waals surface area contributed by atoms with Crippen molar-refractivity contribution >= 4 is 10.9 Å². The summed E-state index contributed by atoms with van der Waals surface area (Å²) in [6.45, 7) is 0. The van der Waals surface area contributed by atoms with Gasteiger partial charge in [0.05, 0.1) is 6.04 Å². The monoisotopic (exact) mass is 229 g/mol. The first-order chi connectivity index (χ1) is 8.12. The van der Waals surface area contributed by atoms with E-state index in [1.54, 1.807) is 0 Å². The third-order valence-electron chi connectivity index (χ3n) is 3.80. The molecule has 1 aromatic heterocycles. The van der Waals surface area contributed by atoms with Crippen LogP contribution in [0.2, 0.25) is 0 Å². The predicted molar refractivity (Wildman–Crippen MR) is 70.9 cm³/mol. The van der Waals surface area contributed by atoms with Crippen molar-refractivity contribution < 1.29 is 0 Å². The van der Waals surface area contributed by atoms with Gasteiger partial charge >= 0.3 is 0 Å². The summed E-state index contributed by atoms with van der Waals surface area (Å²) in [7, 11) is 4.22. The average molecular weight is 229 g/mol. The third kappa shape index (κ3) is 1.66. The summed E-state index contributed by atoms with van der Waals surface area (Å²) in [6, 6.07) is 8.73. The van der Waals surface area contributed by atoms with Gasteiger partial charge in [-0.3, -0.25) is 0 Å². The lowest BCUT2D eigenvalue weighted by atomic mass is 9.96. The SMILES string of the molecule is CN(C)C(c1c[nH]c2ccccc12)C1(N)CC1. The van der Waals surface area contributed by atoms with Gasteiger partial charge in [-0.15, -0.1) is 0 Å². The second kappa shape index (κ2) is 3.59. The van der Waals surface area contributed by atoms with Crippen molar-refractivity contribution in [3.8, 4) is 0 Å². The Kier molecular flexibility index (Phi) is 2.28. The van der Waals surface area contributed by atoms with E-state index in [-0.39, 0.29) is 5.54 Å². The minimum Gasteiger partial charge on any atom is -0.361 e. The third-order valence-corrected chi connectivity index (χ3v) is 3.80. The predicted octanol–water partition coefficient (Wildman–Crippen LogP) is 2.26. The standard InChI is InChI=1S/C14H19N3/c1-17(2)13(14(15)7-8-14)11-9-16-12-6-4-3-5-10(11)12/h3-6,9,13,16H,7-8,15H2,1-2H3. The second-order valence-electron chi connectivity index (χ2n) is 5.39. The molecule has 0 bridgehead atoms. The Hall–Kier alpha value is -1.32. The van der Waals surface area contributed by atoms with Gasteiger partial charge in [0.1, 0.15) is 0 Å². The van der Waals surface area contributed by atoms with Crippen LogP contribution in [0.3, 0.4) is 0 Å². The van der Waals surface area contributed by atoms with Crippen LogP contribution in [0.5, 0.6) is 0 Å². The van der Waals surface area contributed by atoms with Crippen LogP contribution >= 0.6 is 0 Å². The number of hydrogen-bond donors (Lipinski definition) is 2. The quantitative estimate of drug-likeness (QED) is 0.848. The van der Waals surface area contributed by atoms with Crippen LogP contribution in [0, 0.1) is 0 Å². The number of aromatic amines is 1. The van der Waals surface area contributed by atoms with E-state index in [0.717, 1.165) is 12.8 Å². The van der Waals surface area contributed by atoms with Gasteiger partial charge in [-0.05, 0) is 38.6 Å². The summed E-state index contributed by atoms with van der Waals surface area (Å²) in [5, 5.41) is 1.29. The minimum absolute atomic E-state index is 0.0333. The van der Waals surface area contributed by atoms with Gasteiger partial charge in [0.2, 0.25) is 0 Å². The Balaban J connectivity index is 2.12. The van der Waals surface area contributed by atoms with Crippen LogP contribution in [0.1, 0.15) is 24.4 Å². The van der Waals surface area contributed by atoms with Gasteiger partial charge in [-0.25, -0.2) is 0 Å². The molecule has 1 heterocycles. The molecule has 1 fully saturated rings. The molecular weight excluding hydrogens is 210 g/mol. The van der Waals surface area contributed by atoms with Crippen LogP contribution in [0.25, 0.3) is 10.9 Å². The molecule has 90 valence electrons. The summed E-state index contributed by atoms with van der Waals surface area (Å²) in [4.78, 5) is 5.58. The van der Waals surface area contributed by atoms with Gasteiger partial charge in [-0.2, -0.15) is 0 Å². The smallest absolute Gasteiger partial charge is 0.0544 e. The van der Waals surface area contributed by atoms with Crippen molar-refractivity contribution in [3.05, 3.63) is 36.0 Å². The maximum absolute atomic E-state index is 6.42. The highest BCUT2D eigenvalue weighted by molar-refractivity contribution is 5.83. The van der Waals surface area contributed by atoms with Crippen LogP contribution in [0.15, 0.2) is 30.5 Å². The number of nitrogens with two attached hydrogens (primary N) is 1. The molecule has 0 radical (unpaired) electrons. The fraction of sp³-hybridized carbons (Fsp3) is 0.429. The molecule has 17 heavy (non-hydrogen) atoms. The highest BCUT2D eigenvalue weighted by atomic mass is 15.2. The number of nitrogens with one attached hydrogen (secondary N) is 1. The number of benzene rings is 1. The molecule has 0 saturated heterocycles. The fourth-order valence-corrected chi connectivity index (χ4v) is 2.84. The number of rotatable bonds is 3. The minimum atomic E-state index is -0.0333. The average Bonchev–Trinajstić information content (AvgIpc) is 2.89. The molecule has 0 aliphatic heterocycles. The summed E-state index contributed by atoms with van der Waals surface area (Å²) >= 11 is 0. The lowest BCUT2D eigenvalue weighted by Crippen LogP contribution is -2.39. The van der Waals surface area contributed by atoms with E-state index in [1.165, 1.54) is 16.5 Å². The summed E-state index contributed by atoms with van der Waals surface area (Å²) < 4.78 is 0. The zero-order valence-electron chi connectivity index (χ0n) is 10.4. The van der Waals surface area contributed by atoms with Gasteiger partial charge < -0.3 is 15.6 Å². The Morgan fingerprint density at radius 2 is 2.00 bits per heavy atom. The Bertz CT molecular complexity index is 537. The molecule has 1 aliphatic carbocycles. The molecule has 3 nitrogen and oxygen atoms in total. The van der Waals surface area contributed by atoms with E-state index in [0.29, 0.717) is 6.04 Å². The van der Waals surface area contributed by atoms with Crippen molar-refractivity contribution in [2.75, 3.05) is 14.1 Å². The highest BCUT2D eigenvalue weighted by Gasteiger charge is 2.48. The molecule has 0 amide bonds. The van der Waals surface area contributed by atoms with Gasteiger partial charge in [-0.1, -0.05) is 18.2 Å². The molecule has 0 spiro atoms. The van der Waals surface area contributed by atoms with E-state index >= 15 is 0 Å². The summed E-state index contributed by atoms with van der Waals surface area (Å²) in [6.07, 6.45) is 4.35. The molecule has 1 aliphatic rings. The van der Waals surface area contributed by atoms with E-state index in [9.17, 15) is 0 Å². The topological polar surface area (TPSA) is 45.0 Å². The van der Waals surface area contributed by atoms with Crippen LogP contribution < -0.4 is 5.73 Å². The molecule has 1 unspecified atom stereocenters. The van der Waals surface area contributed by atoms with Gasteiger partial charge in [0.25, 0.3) is 0 Å². The van der Waals surface area contributed by atoms with Crippen molar-refractivity contribution in [2.45, 2.75) is 24.4 Å².